The van der Waals surface area contributed by atoms with Crippen molar-refractivity contribution in [3.63, 3.8) is 0 Å². The van der Waals surface area contributed by atoms with Gasteiger partial charge >= 0.3 is 12.1 Å². The Morgan fingerprint density at radius 3 is 2.59 bits per heavy atom. The van der Waals surface area contributed by atoms with Crippen molar-refractivity contribution < 1.29 is 37.3 Å². The molecule has 0 aliphatic carbocycles. The van der Waals surface area contributed by atoms with E-state index in [-0.39, 0.29) is 27.9 Å². The highest BCUT2D eigenvalue weighted by Gasteiger charge is 2.62. The molecule has 156 valence electrons. The number of carbonyl (C=O) groups excluding carboxylic acids is 1. The van der Waals surface area contributed by atoms with Crippen molar-refractivity contribution in [2.45, 2.75) is 18.3 Å². The average Bonchev–Trinajstić information content (AvgIpc) is 3.31. The number of hydrazone groups is 1. The quantitative estimate of drug-likeness (QED) is 0.728. The van der Waals surface area contributed by atoms with Crippen molar-refractivity contribution in [3.05, 3.63) is 34.8 Å². The Morgan fingerprint density at radius 1 is 1.28 bits per heavy atom. The molecule has 0 fully saturated rings. The summed E-state index contributed by atoms with van der Waals surface area (Å²) in [7, 11) is 3.91. The lowest BCUT2D eigenvalue weighted by Gasteiger charge is -2.32. The second kappa shape index (κ2) is 7.52. The highest BCUT2D eigenvalue weighted by molar-refractivity contribution is 7.14. The molecule has 2 aromatic rings. The summed E-state index contributed by atoms with van der Waals surface area (Å²) in [5.74, 6) is -0.151. The van der Waals surface area contributed by atoms with Crippen molar-refractivity contribution in [3.8, 4) is 11.5 Å². The zero-order valence-corrected chi connectivity index (χ0v) is 16.3. The highest BCUT2D eigenvalue weighted by atomic mass is 32.1. The van der Waals surface area contributed by atoms with Crippen LogP contribution in [0.15, 0.2) is 28.7 Å². The number of ether oxygens (including phenoxy) is 3. The Balaban J connectivity index is 2.08. The van der Waals surface area contributed by atoms with Crippen LogP contribution in [-0.2, 0) is 4.74 Å². The smallest absolute Gasteiger partial charge is 0.438 e. The lowest BCUT2D eigenvalue weighted by molar-refractivity contribution is -0.254. The van der Waals surface area contributed by atoms with Crippen LogP contribution in [0, 0.1) is 0 Å². The molecule has 0 radical (unpaired) electrons. The molecule has 1 aromatic heterocycles. The molecule has 0 unspecified atom stereocenters. The van der Waals surface area contributed by atoms with Crippen LogP contribution in [0.25, 0.3) is 0 Å². The molecule has 1 aliphatic rings. The minimum absolute atomic E-state index is 0.0702. The van der Waals surface area contributed by atoms with E-state index < -0.39 is 24.3 Å². The number of rotatable bonds is 5. The number of aromatic nitrogens is 1. The van der Waals surface area contributed by atoms with E-state index in [4.69, 9.17) is 9.47 Å². The Hall–Kier alpha value is -2.86. The lowest BCUT2D eigenvalue weighted by Crippen LogP contribution is -2.55. The fraction of sp³-hybridized carbons (Fsp3) is 0.353. The Kier molecular flexibility index (Phi) is 5.41. The van der Waals surface area contributed by atoms with Gasteiger partial charge in [0.25, 0.3) is 5.72 Å². The molecule has 0 saturated heterocycles. The number of alkyl halides is 3. The minimum Gasteiger partial charge on any atom is -0.497 e. The van der Waals surface area contributed by atoms with Crippen molar-refractivity contribution in [1.82, 2.24) is 4.98 Å². The van der Waals surface area contributed by atoms with E-state index in [1.54, 1.807) is 0 Å². The predicted octanol–water partition coefficient (Wildman–Crippen LogP) is 2.81. The van der Waals surface area contributed by atoms with E-state index in [0.29, 0.717) is 10.8 Å². The van der Waals surface area contributed by atoms with Crippen LogP contribution < -0.4 is 14.5 Å². The normalized spacial score (nSPS) is 19.1. The number of aliphatic hydroxyl groups is 1. The molecule has 0 bridgehead atoms. The summed E-state index contributed by atoms with van der Waals surface area (Å²) in [5.41, 5.74) is -3.36. The molecular weight excluding hydrogens is 415 g/mol. The highest BCUT2D eigenvalue weighted by Crippen LogP contribution is 2.45. The van der Waals surface area contributed by atoms with Gasteiger partial charge in [-0.1, -0.05) is 0 Å². The summed E-state index contributed by atoms with van der Waals surface area (Å²) in [4.78, 5) is 15.4. The number of esters is 1. The third-order valence-electron chi connectivity index (χ3n) is 4.23. The van der Waals surface area contributed by atoms with Crippen LogP contribution in [0.5, 0.6) is 11.5 Å². The first-order chi connectivity index (χ1) is 13.6. The summed E-state index contributed by atoms with van der Waals surface area (Å²) in [6.07, 6.45) is -5.93. The first-order valence-corrected chi connectivity index (χ1v) is 8.95. The van der Waals surface area contributed by atoms with Gasteiger partial charge in [0.2, 0.25) is 5.13 Å². The maximum Gasteiger partial charge on any atom is 0.438 e. The third kappa shape index (κ3) is 3.60. The number of hydrogen-bond acceptors (Lipinski definition) is 9. The molecule has 1 aromatic carbocycles. The molecule has 1 N–H and O–H groups in total. The van der Waals surface area contributed by atoms with Gasteiger partial charge < -0.3 is 19.3 Å². The minimum atomic E-state index is -5.06. The van der Waals surface area contributed by atoms with Gasteiger partial charge in [0.05, 0.1) is 33.5 Å². The van der Waals surface area contributed by atoms with Crippen LogP contribution in [-0.4, -0.2) is 55.0 Å². The van der Waals surface area contributed by atoms with Gasteiger partial charge in [-0.15, -0.1) is 11.3 Å². The number of methoxy groups -OCH3 is 3. The Labute approximate surface area is 167 Å². The van der Waals surface area contributed by atoms with Gasteiger partial charge in [-0.3, -0.25) is 0 Å². The molecule has 12 heteroatoms. The van der Waals surface area contributed by atoms with Crippen LogP contribution in [0.3, 0.4) is 0 Å². The first-order valence-electron chi connectivity index (χ1n) is 8.07. The van der Waals surface area contributed by atoms with Gasteiger partial charge in [0, 0.05) is 17.0 Å². The van der Waals surface area contributed by atoms with Crippen molar-refractivity contribution in [2.24, 2.45) is 5.10 Å². The van der Waals surface area contributed by atoms with E-state index in [1.807, 2.05) is 0 Å². The standard InChI is InChI=1S/C17H16F3N3O5S/c1-26-9-4-5-10(13(6-9)27-2)11-7-16(25,17(18,19)20)23(22-11)15-21-12(8-29-15)14(24)28-3/h4-6,8,25H,7H2,1-3H3/t16-/m1/s1. The van der Waals surface area contributed by atoms with Crippen LogP contribution in [0.4, 0.5) is 18.3 Å². The number of nitrogens with zero attached hydrogens (tertiary/aromatic N) is 3. The number of anilines is 1. The molecule has 0 saturated carbocycles. The number of carbonyl (C=O) groups is 1. The molecular formula is C17H16F3N3O5S. The number of halogens is 3. The largest absolute Gasteiger partial charge is 0.497 e. The zero-order valence-electron chi connectivity index (χ0n) is 15.5. The Morgan fingerprint density at radius 2 is 2.00 bits per heavy atom. The van der Waals surface area contributed by atoms with E-state index in [9.17, 15) is 23.1 Å². The van der Waals surface area contributed by atoms with E-state index in [2.05, 4.69) is 14.8 Å². The molecule has 3 rings (SSSR count). The second-order valence-electron chi connectivity index (χ2n) is 5.92. The topological polar surface area (TPSA) is 93.5 Å². The molecule has 0 amide bonds. The monoisotopic (exact) mass is 431 g/mol. The SMILES string of the molecule is COC(=O)c1csc(N2N=C(c3ccc(OC)cc3OC)C[C@@]2(O)C(F)(F)F)n1. The predicted molar refractivity (Wildman–Crippen MR) is 97.6 cm³/mol. The van der Waals surface area contributed by atoms with Gasteiger partial charge in [0.1, 0.15) is 11.5 Å². The zero-order chi connectivity index (χ0) is 21.4. The van der Waals surface area contributed by atoms with Gasteiger partial charge in [-0.25, -0.2) is 9.78 Å². The molecule has 2 heterocycles. The summed E-state index contributed by atoms with van der Waals surface area (Å²) in [6.45, 7) is 0. The van der Waals surface area contributed by atoms with Crippen LogP contribution >= 0.6 is 11.3 Å². The van der Waals surface area contributed by atoms with E-state index in [0.717, 1.165) is 18.4 Å². The third-order valence-corrected chi connectivity index (χ3v) is 5.04. The van der Waals surface area contributed by atoms with E-state index >= 15 is 0 Å². The molecule has 0 spiro atoms. The maximum atomic E-state index is 13.8. The number of thiazole rings is 1. The molecule has 29 heavy (non-hydrogen) atoms. The molecule has 1 atom stereocenters. The van der Waals surface area contributed by atoms with Crippen molar-refractivity contribution >= 4 is 28.1 Å². The van der Waals surface area contributed by atoms with Crippen molar-refractivity contribution in [2.75, 3.05) is 26.3 Å². The fourth-order valence-electron chi connectivity index (χ4n) is 2.71. The van der Waals surface area contributed by atoms with Gasteiger partial charge in [-0.2, -0.15) is 23.3 Å². The van der Waals surface area contributed by atoms with Gasteiger partial charge in [-0.05, 0) is 12.1 Å². The number of benzene rings is 1. The number of hydrogen-bond donors (Lipinski definition) is 1. The summed E-state index contributed by atoms with van der Waals surface area (Å²) >= 11 is 0.718. The Bertz CT molecular complexity index is 962. The van der Waals surface area contributed by atoms with Crippen LogP contribution in [0.2, 0.25) is 0 Å². The maximum absolute atomic E-state index is 13.8. The summed E-state index contributed by atoms with van der Waals surface area (Å²) < 4.78 is 56.1. The van der Waals surface area contributed by atoms with Crippen molar-refractivity contribution in [1.29, 1.82) is 0 Å². The van der Waals surface area contributed by atoms with Crippen LogP contribution in [0.1, 0.15) is 22.5 Å². The van der Waals surface area contributed by atoms with E-state index in [1.165, 1.54) is 37.8 Å². The average molecular weight is 431 g/mol. The van der Waals surface area contributed by atoms with Gasteiger partial charge in [0.15, 0.2) is 5.69 Å². The second-order valence-corrected chi connectivity index (χ2v) is 6.76. The summed E-state index contributed by atoms with van der Waals surface area (Å²) in [5, 5.41) is 15.8. The lowest BCUT2D eigenvalue weighted by atomic mass is 10.00. The first kappa shape index (κ1) is 20.9. The molecule has 1 aliphatic heterocycles. The molecule has 8 nitrogen and oxygen atoms in total. The summed E-state index contributed by atoms with van der Waals surface area (Å²) in [6, 6.07) is 4.51. The fourth-order valence-corrected chi connectivity index (χ4v) is 3.52.